The Morgan fingerprint density at radius 3 is 2.18 bits per heavy atom. The molecule has 1 unspecified atom stereocenters. The third-order valence-corrected chi connectivity index (χ3v) is 3.47. The van der Waals surface area contributed by atoms with E-state index in [-0.39, 0.29) is 0 Å². The van der Waals surface area contributed by atoms with E-state index in [1.807, 2.05) is 6.92 Å². The minimum Gasteiger partial charge on any atom is -0.385 e. The van der Waals surface area contributed by atoms with Crippen LogP contribution in [0.2, 0.25) is 0 Å². The van der Waals surface area contributed by atoms with E-state index in [2.05, 4.69) is 45.0 Å². The summed E-state index contributed by atoms with van der Waals surface area (Å²) in [5.74, 6) is 0.550. The van der Waals surface area contributed by atoms with Crippen molar-refractivity contribution in [2.45, 2.75) is 64.9 Å². The second-order valence-corrected chi connectivity index (χ2v) is 5.51. The smallest absolute Gasteiger partial charge is 0.0868 e. The molecule has 0 saturated carbocycles. The first-order valence-corrected chi connectivity index (χ1v) is 6.80. The molecule has 1 rings (SSSR count). The van der Waals surface area contributed by atoms with Crippen LogP contribution < -0.4 is 0 Å². The molecule has 0 aromatic heterocycles. The molecule has 0 aliphatic carbocycles. The van der Waals surface area contributed by atoms with Gasteiger partial charge < -0.3 is 5.11 Å². The minimum atomic E-state index is -0.676. The van der Waals surface area contributed by atoms with Crippen LogP contribution in [0.25, 0.3) is 0 Å². The van der Waals surface area contributed by atoms with Crippen molar-refractivity contribution in [1.82, 2.24) is 0 Å². The highest BCUT2D eigenvalue weighted by atomic mass is 16.3. The van der Waals surface area contributed by atoms with E-state index in [4.69, 9.17) is 0 Å². The Morgan fingerprint density at radius 1 is 1.12 bits per heavy atom. The number of hydrogen-bond acceptors (Lipinski definition) is 1. The SMILES string of the molecule is CCCCCC(C)(O)c1ccc(C(C)C)cc1. The number of aliphatic hydroxyl groups is 1. The summed E-state index contributed by atoms with van der Waals surface area (Å²) in [6, 6.07) is 8.41. The molecular weight excluding hydrogens is 208 g/mol. The monoisotopic (exact) mass is 234 g/mol. The van der Waals surface area contributed by atoms with Gasteiger partial charge in [-0.15, -0.1) is 0 Å². The maximum atomic E-state index is 10.4. The topological polar surface area (TPSA) is 20.2 Å². The van der Waals surface area contributed by atoms with Crippen LogP contribution in [0.15, 0.2) is 24.3 Å². The lowest BCUT2D eigenvalue weighted by Gasteiger charge is -2.24. The van der Waals surface area contributed by atoms with Crippen molar-refractivity contribution in [3.63, 3.8) is 0 Å². The van der Waals surface area contributed by atoms with Gasteiger partial charge in [0.25, 0.3) is 0 Å². The molecule has 1 aromatic carbocycles. The van der Waals surface area contributed by atoms with Crippen LogP contribution >= 0.6 is 0 Å². The fourth-order valence-corrected chi connectivity index (χ4v) is 2.09. The Hall–Kier alpha value is -0.820. The fraction of sp³-hybridized carbons (Fsp3) is 0.625. The molecule has 0 amide bonds. The maximum absolute atomic E-state index is 10.4. The van der Waals surface area contributed by atoms with E-state index < -0.39 is 5.60 Å². The average molecular weight is 234 g/mol. The van der Waals surface area contributed by atoms with E-state index >= 15 is 0 Å². The molecule has 0 fully saturated rings. The highest BCUT2D eigenvalue weighted by molar-refractivity contribution is 5.28. The molecule has 1 atom stereocenters. The Morgan fingerprint density at radius 2 is 1.71 bits per heavy atom. The molecule has 0 saturated heterocycles. The van der Waals surface area contributed by atoms with Crippen molar-refractivity contribution in [3.8, 4) is 0 Å². The number of benzene rings is 1. The lowest BCUT2D eigenvalue weighted by atomic mass is 9.89. The molecule has 0 bridgehead atoms. The quantitative estimate of drug-likeness (QED) is 0.713. The predicted octanol–water partition coefficient (Wildman–Crippen LogP) is 4.60. The second-order valence-electron chi connectivity index (χ2n) is 5.51. The Kier molecular flexibility index (Phi) is 5.20. The number of hydrogen-bond donors (Lipinski definition) is 1. The third-order valence-electron chi connectivity index (χ3n) is 3.47. The predicted molar refractivity (Wildman–Crippen MR) is 74.2 cm³/mol. The number of rotatable bonds is 6. The molecule has 1 N–H and O–H groups in total. The van der Waals surface area contributed by atoms with E-state index in [0.29, 0.717) is 5.92 Å². The van der Waals surface area contributed by atoms with Crippen molar-refractivity contribution in [2.24, 2.45) is 0 Å². The van der Waals surface area contributed by atoms with E-state index in [9.17, 15) is 5.11 Å². The van der Waals surface area contributed by atoms with E-state index in [1.54, 1.807) is 0 Å². The number of unbranched alkanes of at least 4 members (excludes halogenated alkanes) is 2. The van der Waals surface area contributed by atoms with Gasteiger partial charge in [-0.1, -0.05) is 64.3 Å². The van der Waals surface area contributed by atoms with Gasteiger partial charge in [-0.2, -0.15) is 0 Å². The Balaban J connectivity index is 2.70. The molecule has 1 aromatic rings. The average Bonchev–Trinajstić information content (AvgIpc) is 2.29. The fourth-order valence-electron chi connectivity index (χ4n) is 2.09. The summed E-state index contributed by atoms with van der Waals surface area (Å²) in [7, 11) is 0. The van der Waals surface area contributed by atoms with Crippen LogP contribution in [0.3, 0.4) is 0 Å². The van der Waals surface area contributed by atoms with Gasteiger partial charge in [-0.25, -0.2) is 0 Å². The molecule has 0 aliphatic heterocycles. The summed E-state index contributed by atoms with van der Waals surface area (Å²) < 4.78 is 0. The van der Waals surface area contributed by atoms with Crippen molar-refractivity contribution in [2.75, 3.05) is 0 Å². The van der Waals surface area contributed by atoms with Gasteiger partial charge in [0.15, 0.2) is 0 Å². The lowest BCUT2D eigenvalue weighted by Crippen LogP contribution is -2.20. The standard InChI is InChI=1S/C16H26O/c1-5-6-7-12-16(4,17)15-10-8-14(9-11-15)13(2)3/h8-11,13,17H,5-7,12H2,1-4H3. The molecule has 0 radical (unpaired) electrons. The van der Waals surface area contributed by atoms with Crippen LogP contribution in [0.5, 0.6) is 0 Å². The van der Waals surface area contributed by atoms with Crippen LogP contribution in [0, 0.1) is 0 Å². The summed E-state index contributed by atoms with van der Waals surface area (Å²) >= 11 is 0. The van der Waals surface area contributed by atoms with Gasteiger partial charge in [0.2, 0.25) is 0 Å². The van der Waals surface area contributed by atoms with Gasteiger partial charge in [0.1, 0.15) is 0 Å². The largest absolute Gasteiger partial charge is 0.385 e. The maximum Gasteiger partial charge on any atom is 0.0868 e. The van der Waals surface area contributed by atoms with Crippen LogP contribution in [0.4, 0.5) is 0 Å². The zero-order chi connectivity index (χ0) is 12.9. The first-order chi connectivity index (χ1) is 7.97. The highest BCUT2D eigenvalue weighted by Crippen LogP contribution is 2.28. The zero-order valence-corrected chi connectivity index (χ0v) is 11.7. The Labute approximate surface area is 106 Å². The third kappa shape index (κ3) is 4.16. The van der Waals surface area contributed by atoms with Crippen molar-refractivity contribution < 1.29 is 5.11 Å². The normalized spacial score (nSPS) is 14.9. The first-order valence-electron chi connectivity index (χ1n) is 6.80. The van der Waals surface area contributed by atoms with Gasteiger partial charge in [-0.05, 0) is 30.4 Å². The molecule has 17 heavy (non-hydrogen) atoms. The molecular formula is C16H26O. The van der Waals surface area contributed by atoms with Crippen molar-refractivity contribution >= 4 is 0 Å². The van der Waals surface area contributed by atoms with Crippen LogP contribution in [0.1, 0.15) is 70.4 Å². The second kappa shape index (κ2) is 6.20. The zero-order valence-electron chi connectivity index (χ0n) is 11.7. The van der Waals surface area contributed by atoms with Gasteiger partial charge in [-0.3, -0.25) is 0 Å². The summed E-state index contributed by atoms with van der Waals surface area (Å²) in [6.45, 7) is 8.49. The summed E-state index contributed by atoms with van der Waals surface area (Å²) in [5, 5.41) is 10.4. The minimum absolute atomic E-state index is 0.550. The first kappa shape index (κ1) is 14.2. The van der Waals surface area contributed by atoms with Crippen molar-refractivity contribution in [1.29, 1.82) is 0 Å². The van der Waals surface area contributed by atoms with Crippen LogP contribution in [-0.2, 0) is 5.60 Å². The highest BCUT2D eigenvalue weighted by Gasteiger charge is 2.22. The van der Waals surface area contributed by atoms with Crippen LogP contribution in [-0.4, -0.2) is 5.11 Å². The molecule has 0 spiro atoms. The summed E-state index contributed by atoms with van der Waals surface area (Å²) in [4.78, 5) is 0. The van der Waals surface area contributed by atoms with Crippen molar-refractivity contribution in [3.05, 3.63) is 35.4 Å². The summed E-state index contributed by atoms with van der Waals surface area (Å²) in [6.07, 6.45) is 4.33. The Bertz CT molecular complexity index is 322. The van der Waals surface area contributed by atoms with Gasteiger partial charge in [0, 0.05) is 0 Å². The van der Waals surface area contributed by atoms with Gasteiger partial charge in [0.05, 0.1) is 5.60 Å². The molecule has 1 heteroatoms. The van der Waals surface area contributed by atoms with E-state index in [0.717, 1.165) is 18.4 Å². The molecule has 96 valence electrons. The van der Waals surface area contributed by atoms with E-state index in [1.165, 1.54) is 18.4 Å². The molecule has 0 aliphatic rings. The lowest BCUT2D eigenvalue weighted by molar-refractivity contribution is 0.0449. The molecule has 0 heterocycles. The van der Waals surface area contributed by atoms with Gasteiger partial charge >= 0.3 is 0 Å². The molecule has 1 nitrogen and oxygen atoms in total. The summed E-state index contributed by atoms with van der Waals surface area (Å²) in [5.41, 5.74) is 1.70.